The molecule has 1 fully saturated rings. The molecule has 0 saturated carbocycles. The first-order valence-corrected chi connectivity index (χ1v) is 4.90. The maximum Gasteiger partial charge on any atom is 0.223 e. The predicted molar refractivity (Wildman–Crippen MR) is 50.3 cm³/mol. The van der Waals surface area contributed by atoms with Gasteiger partial charge >= 0.3 is 0 Å². The first kappa shape index (κ1) is 10.2. The molecule has 0 bridgehead atoms. The molecule has 1 aliphatic heterocycles. The maximum atomic E-state index is 11.4. The van der Waals surface area contributed by atoms with Crippen molar-refractivity contribution in [2.75, 3.05) is 13.1 Å². The van der Waals surface area contributed by atoms with Crippen molar-refractivity contribution >= 4 is 11.7 Å². The van der Waals surface area contributed by atoms with Gasteiger partial charge in [-0.15, -0.1) is 0 Å². The molecule has 3 nitrogen and oxygen atoms in total. The maximum absolute atomic E-state index is 11.4. The fourth-order valence-electron chi connectivity index (χ4n) is 1.88. The number of amides is 1. The SMILES string of the molecule is CCCC1CC(=O)N(CC(C)=O)C1. The van der Waals surface area contributed by atoms with E-state index in [2.05, 4.69) is 6.92 Å². The second-order valence-corrected chi connectivity index (χ2v) is 3.84. The summed E-state index contributed by atoms with van der Waals surface area (Å²) < 4.78 is 0. The summed E-state index contributed by atoms with van der Waals surface area (Å²) in [4.78, 5) is 23.9. The highest BCUT2D eigenvalue weighted by molar-refractivity contribution is 5.85. The quantitative estimate of drug-likeness (QED) is 0.657. The monoisotopic (exact) mass is 183 g/mol. The number of rotatable bonds is 4. The number of nitrogens with zero attached hydrogens (tertiary/aromatic N) is 1. The van der Waals surface area contributed by atoms with Crippen LogP contribution in [-0.4, -0.2) is 29.7 Å². The normalized spacial score (nSPS) is 22.5. The smallest absolute Gasteiger partial charge is 0.223 e. The lowest BCUT2D eigenvalue weighted by molar-refractivity contribution is -0.131. The molecule has 0 aromatic carbocycles. The van der Waals surface area contributed by atoms with Crippen molar-refractivity contribution in [1.29, 1.82) is 0 Å². The Morgan fingerprint density at radius 3 is 2.85 bits per heavy atom. The van der Waals surface area contributed by atoms with Gasteiger partial charge in [0.15, 0.2) is 0 Å². The molecule has 13 heavy (non-hydrogen) atoms. The van der Waals surface area contributed by atoms with Crippen molar-refractivity contribution in [2.24, 2.45) is 5.92 Å². The van der Waals surface area contributed by atoms with Crippen molar-refractivity contribution in [3.8, 4) is 0 Å². The Labute approximate surface area is 79.1 Å². The number of ketones is 1. The van der Waals surface area contributed by atoms with Gasteiger partial charge in [-0.05, 0) is 19.3 Å². The Bertz CT molecular complexity index is 213. The lowest BCUT2D eigenvalue weighted by Gasteiger charge is -2.13. The van der Waals surface area contributed by atoms with Gasteiger partial charge in [0.25, 0.3) is 0 Å². The number of likely N-dealkylation sites (tertiary alicyclic amines) is 1. The minimum absolute atomic E-state index is 0.0745. The van der Waals surface area contributed by atoms with Gasteiger partial charge in [0.2, 0.25) is 5.91 Å². The summed E-state index contributed by atoms with van der Waals surface area (Å²) >= 11 is 0. The molecule has 0 N–H and O–H groups in total. The van der Waals surface area contributed by atoms with E-state index in [-0.39, 0.29) is 11.7 Å². The largest absolute Gasteiger partial charge is 0.335 e. The lowest BCUT2D eigenvalue weighted by atomic mass is 10.0. The summed E-state index contributed by atoms with van der Waals surface area (Å²) in [6.45, 7) is 4.74. The fourth-order valence-corrected chi connectivity index (χ4v) is 1.88. The molecule has 0 aromatic heterocycles. The van der Waals surface area contributed by atoms with E-state index in [4.69, 9.17) is 0 Å². The number of hydrogen-bond acceptors (Lipinski definition) is 2. The van der Waals surface area contributed by atoms with Crippen LogP contribution in [-0.2, 0) is 9.59 Å². The molecule has 0 radical (unpaired) electrons. The average molecular weight is 183 g/mol. The predicted octanol–water partition coefficient (Wildman–Crippen LogP) is 1.22. The van der Waals surface area contributed by atoms with E-state index < -0.39 is 0 Å². The molecule has 1 heterocycles. The van der Waals surface area contributed by atoms with Crippen LogP contribution in [0.5, 0.6) is 0 Å². The Balaban J connectivity index is 2.41. The molecule has 3 heteroatoms. The molecule has 0 spiro atoms. The summed E-state index contributed by atoms with van der Waals surface area (Å²) in [6.07, 6.45) is 2.85. The van der Waals surface area contributed by atoms with Crippen LogP contribution >= 0.6 is 0 Å². The minimum atomic E-state index is 0.0745. The summed E-state index contributed by atoms with van der Waals surface area (Å²) in [5.74, 6) is 0.705. The summed E-state index contributed by atoms with van der Waals surface area (Å²) in [6, 6.07) is 0. The molecule has 1 rings (SSSR count). The van der Waals surface area contributed by atoms with Crippen LogP contribution in [0.3, 0.4) is 0 Å². The second kappa shape index (κ2) is 4.40. The van der Waals surface area contributed by atoms with Crippen LogP contribution in [0.25, 0.3) is 0 Å². The third kappa shape index (κ3) is 2.83. The fraction of sp³-hybridized carbons (Fsp3) is 0.800. The molecular weight excluding hydrogens is 166 g/mol. The van der Waals surface area contributed by atoms with E-state index in [1.54, 1.807) is 4.90 Å². The Morgan fingerprint density at radius 2 is 2.31 bits per heavy atom. The summed E-state index contributed by atoms with van der Waals surface area (Å²) in [5, 5.41) is 0. The number of hydrogen-bond donors (Lipinski definition) is 0. The third-order valence-corrected chi connectivity index (χ3v) is 2.41. The molecule has 0 aliphatic carbocycles. The zero-order valence-electron chi connectivity index (χ0n) is 8.38. The second-order valence-electron chi connectivity index (χ2n) is 3.84. The lowest BCUT2D eigenvalue weighted by Crippen LogP contribution is -2.30. The van der Waals surface area contributed by atoms with Crippen LogP contribution in [0.15, 0.2) is 0 Å². The van der Waals surface area contributed by atoms with Crippen LogP contribution < -0.4 is 0 Å². The van der Waals surface area contributed by atoms with Crippen molar-refractivity contribution in [2.45, 2.75) is 33.1 Å². The van der Waals surface area contributed by atoms with E-state index in [9.17, 15) is 9.59 Å². The number of carbonyl (C=O) groups is 2. The minimum Gasteiger partial charge on any atom is -0.335 e. The Morgan fingerprint density at radius 1 is 1.62 bits per heavy atom. The number of carbonyl (C=O) groups excluding carboxylic acids is 2. The first-order valence-electron chi connectivity index (χ1n) is 4.90. The van der Waals surface area contributed by atoms with Gasteiger partial charge < -0.3 is 4.90 Å². The van der Waals surface area contributed by atoms with Crippen LogP contribution in [0.2, 0.25) is 0 Å². The summed E-state index contributed by atoms with van der Waals surface area (Å²) in [5.41, 5.74) is 0. The van der Waals surface area contributed by atoms with Crippen LogP contribution in [0.4, 0.5) is 0 Å². The molecule has 1 unspecified atom stereocenters. The van der Waals surface area contributed by atoms with Crippen LogP contribution in [0, 0.1) is 5.92 Å². The molecule has 1 aliphatic rings. The highest BCUT2D eigenvalue weighted by Gasteiger charge is 2.28. The zero-order valence-corrected chi connectivity index (χ0v) is 8.38. The van der Waals surface area contributed by atoms with E-state index in [0.29, 0.717) is 18.9 Å². The molecule has 1 amide bonds. The van der Waals surface area contributed by atoms with E-state index >= 15 is 0 Å². The van der Waals surface area contributed by atoms with Gasteiger partial charge in [0.1, 0.15) is 5.78 Å². The molecule has 0 aromatic rings. The van der Waals surface area contributed by atoms with Crippen molar-refractivity contribution < 1.29 is 9.59 Å². The van der Waals surface area contributed by atoms with Crippen molar-refractivity contribution in [3.63, 3.8) is 0 Å². The van der Waals surface area contributed by atoms with Crippen molar-refractivity contribution in [1.82, 2.24) is 4.90 Å². The van der Waals surface area contributed by atoms with Crippen LogP contribution in [0.1, 0.15) is 33.1 Å². The average Bonchev–Trinajstić information content (AvgIpc) is 2.31. The van der Waals surface area contributed by atoms with Gasteiger partial charge in [-0.3, -0.25) is 9.59 Å². The van der Waals surface area contributed by atoms with E-state index in [0.717, 1.165) is 19.4 Å². The van der Waals surface area contributed by atoms with Gasteiger partial charge in [-0.1, -0.05) is 13.3 Å². The Kier molecular flexibility index (Phi) is 3.46. The standard InChI is InChI=1S/C10H17NO2/c1-3-4-9-5-10(13)11(7-9)6-8(2)12/h9H,3-7H2,1-2H3. The molecular formula is C10H17NO2. The third-order valence-electron chi connectivity index (χ3n) is 2.41. The molecule has 1 atom stereocenters. The zero-order chi connectivity index (χ0) is 9.84. The van der Waals surface area contributed by atoms with Gasteiger partial charge in [0, 0.05) is 13.0 Å². The van der Waals surface area contributed by atoms with Gasteiger partial charge in [-0.2, -0.15) is 0 Å². The topological polar surface area (TPSA) is 37.4 Å². The first-order chi connectivity index (χ1) is 6.13. The highest BCUT2D eigenvalue weighted by atomic mass is 16.2. The molecule has 1 saturated heterocycles. The van der Waals surface area contributed by atoms with E-state index in [1.165, 1.54) is 6.92 Å². The number of Topliss-reactive ketones (excluding diaryl/α,β-unsaturated/α-hetero) is 1. The summed E-state index contributed by atoms with van der Waals surface area (Å²) in [7, 11) is 0. The molecule has 74 valence electrons. The highest BCUT2D eigenvalue weighted by Crippen LogP contribution is 2.21. The van der Waals surface area contributed by atoms with Crippen molar-refractivity contribution in [3.05, 3.63) is 0 Å². The van der Waals surface area contributed by atoms with Gasteiger partial charge in [0.05, 0.1) is 6.54 Å². The van der Waals surface area contributed by atoms with Gasteiger partial charge in [-0.25, -0.2) is 0 Å². The van der Waals surface area contributed by atoms with E-state index in [1.807, 2.05) is 0 Å². The Hall–Kier alpha value is -0.860.